The van der Waals surface area contributed by atoms with Crippen LogP contribution in [0.1, 0.15) is 33.1 Å². The molecule has 0 radical (unpaired) electrons. The van der Waals surface area contributed by atoms with Crippen molar-refractivity contribution in [3.8, 4) is 0 Å². The van der Waals surface area contributed by atoms with Crippen molar-refractivity contribution in [2.75, 3.05) is 7.11 Å². The minimum atomic E-state index is -0.327. The summed E-state index contributed by atoms with van der Waals surface area (Å²) < 4.78 is 4.98. The largest absolute Gasteiger partial charge is 0.468 e. The SMILES string of the molecule is COC(=O)C12CCC(C1)C(C)(C)/C2=C\Br. The van der Waals surface area contributed by atoms with E-state index in [1.165, 1.54) is 12.7 Å². The summed E-state index contributed by atoms with van der Waals surface area (Å²) >= 11 is 3.42. The average Bonchev–Trinajstić information content (AvgIpc) is 2.71. The first-order valence-corrected chi connectivity index (χ1v) is 6.30. The maximum absolute atomic E-state index is 12.0. The van der Waals surface area contributed by atoms with Gasteiger partial charge in [0, 0.05) is 0 Å². The molecule has 2 unspecified atom stereocenters. The van der Waals surface area contributed by atoms with Crippen LogP contribution < -0.4 is 0 Å². The van der Waals surface area contributed by atoms with Crippen LogP contribution in [0.3, 0.4) is 0 Å². The standard InChI is InChI=1S/C12H17BrO2/c1-11(2)8-4-5-12(6-8,9(11)7-13)10(14)15-3/h7-8H,4-6H2,1-3H3/b9-7+. The summed E-state index contributed by atoms with van der Waals surface area (Å²) in [5.74, 6) is 0.571. The summed E-state index contributed by atoms with van der Waals surface area (Å²) in [6.07, 6.45) is 3.06. The van der Waals surface area contributed by atoms with Gasteiger partial charge in [0.1, 0.15) is 0 Å². The minimum absolute atomic E-state index is 0.0544. The zero-order valence-corrected chi connectivity index (χ0v) is 11.1. The van der Waals surface area contributed by atoms with Gasteiger partial charge in [-0.05, 0) is 41.2 Å². The Morgan fingerprint density at radius 3 is 2.80 bits per heavy atom. The fourth-order valence-electron chi connectivity index (χ4n) is 3.48. The first-order chi connectivity index (χ1) is 6.99. The van der Waals surface area contributed by atoms with E-state index in [2.05, 4.69) is 29.8 Å². The molecule has 2 aliphatic rings. The molecule has 3 heteroatoms. The molecule has 0 aromatic carbocycles. The van der Waals surface area contributed by atoms with Crippen molar-refractivity contribution in [2.45, 2.75) is 33.1 Å². The number of esters is 1. The lowest BCUT2D eigenvalue weighted by Gasteiger charge is -2.36. The fraction of sp³-hybridized carbons (Fsp3) is 0.750. The van der Waals surface area contributed by atoms with E-state index in [0.29, 0.717) is 5.92 Å². The Bertz CT molecular complexity index is 333. The normalized spacial score (nSPS) is 39.7. The predicted molar refractivity (Wildman–Crippen MR) is 62.6 cm³/mol. The fourth-order valence-corrected chi connectivity index (χ4v) is 4.51. The second-order valence-electron chi connectivity index (χ2n) is 5.26. The molecule has 0 spiro atoms. The van der Waals surface area contributed by atoms with Gasteiger partial charge in [0.15, 0.2) is 0 Å². The summed E-state index contributed by atoms with van der Waals surface area (Å²) in [4.78, 5) is 13.9. The summed E-state index contributed by atoms with van der Waals surface area (Å²) in [7, 11) is 1.49. The predicted octanol–water partition coefficient (Wildman–Crippen LogP) is 3.26. The van der Waals surface area contributed by atoms with Gasteiger partial charge in [0.25, 0.3) is 0 Å². The van der Waals surface area contributed by atoms with Crippen LogP contribution in [-0.4, -0.2) is 13.1 Å². The summed E-state index contributed by atoms with van der Waals surface area (Å²) in [6, 6.07) is 0. The Labute approximate surface area is 99.2 Å². The van der Waals surface area contributed by atoms with Gasteiger partial charge in [-0.3, -0.25) is 4.79 Å². The minimum Gasteiger partial charge on any atom is -0.468 e. The Balaban J connectivity index is 2.47. The van der Waals surface area contributed by atoms with Crippen LogP contribution in [0.5, 0.6) is 0 Å². The van der Waals surface area contributed by atoms with Crippen molar-refractivity contribution in [1.82, 2.24) is 0 Å². The van der Waals surface area contributed by atoms with E-state index in [1.54, 1.807) is 0 Å². The van der Waals surface area contributed by atoms with Gasteiger partial charge >= 0.3 is 5.97 Å². The Morgan fingerprint density at radius 1 is 1.60 bits per heavy atom. The number of hydrogen-bond donors (Lipinski definition) is 0. The van der Waals surface area contributed by atoms with Crippen molar-refractivity contribution in [1.29, 1.82) is 0 Å². The van der Waals surface area contributed by atoms with Crippen molar-refractivity contribution in [3.63, 3.8) is 0 Å². The summed E-state index contributed by atoms with van der Waals surface area (Å²) in [6.45, 7) is 4.46. The van der Waals surface area contributed by atoms with Crippen LogP contribution in [0.25, 0.3) is 0 Å². The highest BCUT2D eigenvalue weighted by Crippen LogP contribution is 2.66. The number of fused-ring (bicyclic) bond motifs is 2. The third-order valence-corrected chi connectivity index (χ3v) is 4.89. The van der Waals surface area contributed by atoms with Crippen molar-refractivity contribution in [3.05, 3.63) is 10.6 Å². The monoisotopic (exact) mass is 272 g/mol. The van der Waals surface area contributed by atoms with Crippen LogP contribution in [0.15, 0.2) is 10.6 Å². The van der Waals surface area contributed by atoms with Crippen LogP contribution in [0.2, 0.25) is 0 Å². The van der Waals surface area contributed by atoms with Gasteiger partial charge in [0.05, 0.1) is 12.5 Å². The van der Waals surface area contributed by atoms with Gasteiger partial charge in [-0.1, -0.05) is 29.8 Å². The van der Waals surface area contributed by atoms with Gasteiger partial charge in [0.2, 0.25) is 0 Å². The van der Waals surface area contributed by atoms with Crippen molar-refractivity contribution < 1.29 is 9.53 Å². The van der Waals surface area contributed by atoms with Crippen molar-refractivity contribution >= 4 is 21.9 Å². The first-order valence-electron chi connectivity index (χ1n) is 5.39. The number of hydrogen-bond acceptors (Lipinski definition) is 2. The lowest BCUT2D eigenvalue weighted by atomic mass is 9.68. The van der Waals surface area contributed by atoms with E-state index in [9.17, 15) is 4.79 Å². The molecule has 2 saturated carbocycles. The highest BCUT2D eigenvalue weighted by molar-refractivity contribution is 9.11. The van der Waals surface area contributed by atoms with E-state index in [-0.39, 0.29) is 16.8 Å². The van der Waals surface area contributed by atoms with Crippen LogP contribution in [-0.2, 0) is 9.53 Å². The third kappa shape index (κ3) is 1.25. The molecule has 0 aromatic heterocycles. The van der Waals surface area contributed by atoms with Crippen LogP contribution >= 0.6 is 15.9 Å². The van der Waals surface area contributed by atoms with E-state index in [1.807, 2.05) is 4.99 Å². The van der Waals surface area contributed by atoms with Gasteiger partial charge in [-0.15, -0.1) is 0 Å². The second kappa shape index (κ2) is 3.34. The van der Waals surface area contributed by atoms with E-state index in [0.717, 1.165) is 19.3 Å². The highest BCUT2D eigenvalue weighted by Gasteiger charge is 2.62. The summed E-state index contributed by atoms with van der Waals surface area (Å²) in [5.41, 5.74) is 1.03. The zero-order valence-electron chi connectivity index (χ0n) is 9.47. The average molecular weight is 273 g/mol. The first kappa shape index (κ1) is 11.2. The van der Waals surface area contributed by atoms with Crippen molar-refractivity contribution in [2.24, 2.45) is 16.7 Å². The lowest BCUT2D eigenvalue weighted by Crippen LogP contribution is -2.34. The third-order valence-electron chi connectivity index (χ3n) is 4.43. The Morgan fingerprint density at radius 2 is 2.27 bits per heavy atom. The number of halogens is 1. The lowest BCUT2D eigenvalue weighted by molar-refractivity contribution is -0.150. The molecule has 0 aromatic rings. The maximum atomic E-state index is 12.0. The highest BCUT2D eigenvalue weighted by atomic mass is 79.9. The number of ether oxygens (including phenoxy) is 1. The molecule has 15 heavy (non-hydrogen) atoms. The zero-order chi connectivity index (χ0) is 11.3. The molecule has 0 saturated heterocycles. The molecule has 2 fully saturated rings. The van der Waals surface area contributed by atoms with Crippen LogP contribution in [0.4, 0.5) is 0 Å². The molecule has 2 nitrogen and oxygen atoms in total. The topological polar surface area (TPSA) is 26.3 Å². The molecule has 0 N–H and O–H groups in total. The molecule has 84 valence electrons. The number of carbonyl (C=O) groups is 1. The molecule has 2 rings (SSSR count). The molecule has 2 aliphatic carbocycles. The van der Waals surface area contributed by atoms with E-state index < -0.39 is 0 Å². The molecular formula is C12H17BrO2. The van der Waals surface area contributed by atoms with E-state index >= 15 is 0 Å². The number of methoxy groups -OCH3 is 1. The van der Waals surface area contributed by atoms with E-state index in [4.69, 9.17) is 4.74 Å². The number of carbonyl (C=O) groups excluding carboxylic acids is 1. The van der Waals surface area contributed by atoms with Crippen LogP contribution in [0, 0.1) is 16.7 Å². The number of rotatable bonds is 1. The smallest absolute Gasteiger partial charge is 0.315 e. The molecule has 0 amide bonds. The quantitative estimate of drug-likeness (QED) is 0.685. The molecular weight excluding hydrogens is 256 g/mol. The Kier molecular flexibility index (Phi) is 2.49. The second-order valence-corrected chi connectivity index (χ2v) is 5.72. The van der Waals surface area contributed by atoms with Gasteiger partial charge in [-0.2, -0.15) is 0 Å². The Hall–Kier alpha value is -0.310. The molecule has 2 bridgehead atoms. The molecule has 2 atom stereocenters. The maximum Gasteiger partial charge on any atom is 0.315 e. The molecule has 0 heterocycles. The van der Waals surface area contributed by atoms with Gasteiger partial charge < -0.3 is 4.74 Å². The molecule has 0 aliphatic heterocycles. The van der Waals surface area contributed by atoms with Gasteiger partial charge in [-0.25, -0.2) is 0 Å². The summed E-state index contributed by atoms with van der Waals surface area (Å²) in [5, 5.41) is 0.